The summed E-state index contributed by atoms with van der Waals surface area (Å²) in [6, 6.07) is 15.7. The minimum absolute atomic E-state index is 0.140. The molecule has 0 unspecified atom stereocenters. The van der Waals surface area contributed by atoms with E-state index in [9.17, 15) is 9.59 Å². The zero-order valence-electron chi connectivity index (χ0n) is 12.2. The molecule has 0 atom stereocenters. The number of nitrogen functional groups attached to an aromatic ring is 1. The summed E-state index contributed by atoms with van der Waals surface area (Å²) < 4.78 is 0. The molecular weight excluding hydrogens is 278 g/mol. The number of nitrogens with one attached hydrogen (secondary N) is 2. The van der Waals surface area contributed by atoms with Crippen LogP contribution in [0.2, 0.25) is 0 Å². The molecule has 0 fully saturated rings. The maximum absolute atomic E-state index is 12.0. The van der Waals surface area contributed by atoms with Gasteiger partial charge in [-0.25, -0.2) is 0 Å². The van der Waals surface area contributed by atoms with Crippen molar-refractivity contribution < 1.29 is 9.59 Å². The van der Waals surface area contributed by atoms with E-state index in [0.717, 1.165) is 0 Å². The average Bonchev–Trinajstić information content (AvgIpc) is 2.54. The lowest BCUT2D eigenvalue weighted by Crippen LogP contribution is -2.36. The van der Waals surface area contributed by atoms with Crippen LogP contribution in [0.4, 0.5) is 5.69 Å². The maximum atomic E-state index is 12.0. The van der Waals surface area contributed by atoms with Crippen LogP contribution in [0.3, 0.4) is 0 Å². The smallest absolute Gasteiger partial charge is 0.271 e. The summed E-state index contributed by atoms with van der Waals surface area (Å²) in [7, 11) is 0. The van der Waals surface area contributed by atoms with Gasteiger partial charge in [0.1, 0.15) is 0 Å². The van der Waals surface area contributed by atoms with Crippen LogP contribution in [0.25, 0.3) is 0 Å². The van der Waals surface area contributed by atoms with Crippen LogP contribution in [0, 0.1) is 0 Å². The summed E-state index contributed by atoms with van der Waals surface area (Å²) in [5.41, 5.74) is 12.8. The van der Waals surface area contributed by atoms with Gasteiger partial charge in [0.2, 0.25) is 0 Å². The molecule has 4 N–H and O–H groups in total. The second-order valence-corrected chi connectivity index (χ2v) is 4.72. The standard InChI is InChI=1S/C17H17N3O2/c1-12(11-16(21)13-7-3-2-4-8-13)19-20-17(22)14-9-5-6-10-15(14)18/h2-11,19H,18H2,1H3,(H,20,22)/b12-11-. The summed E-state index contributed by atoms with van der Waals surface area (Å²) in [5.74, 6) is -0.503. The third-order valence-electron chi connectivity index (χ3n) is 2.98. The highest BCUT2D eigenvalue weighted by Crippen LogP contribution is 2.09. The van der Waals surface area contributed by atoms with Crippen LogP contribution in [-0.4, -0.2) is 11.7 Å². The predicted molar refractivity (Wildman–Crippen MR) is 86.0 cm³/mol. The lowest BCUT2D eigenvalue weighted by molar-refractivity contribution is 0.0937. The molecule has 0 saturated heterocycles. The minimum atomic E-state index is -0.363. The van der Waals surface area contributed by atoms with Gasteiger partial charge in [0.15, 0.2) is 5.78 Å². The predicted octanol–water partition coefficient (Wildman–Crippen LogP) is 2.29. The average molecular weight is 295 g/mol. The number of anilines is 1. The van der Waals surface area contributed by atoms with E-state index >= 15 is 0 Å². The van der Waals surface area contributed by atoms with Gasteiger partial charge in [-0.2, -0.15) is 0 Å². The Labute approximate surface area is 128 Å². The van der Waals surface area contributed by atoms with Crippen molar-refractivity contribution in [1.29, 1.82) is 0 Å². The number of hydrogen-bond acceptors (Lipinski definition) is 4. The van der Waals surface area contributed by atoms with E-state index in [4.69, 9.17) is 5.73 Å². The van der Waals surface area contributed by atoms with Crippen molar-refractivity contribution >= 4 is 17.4 Å². The molecule has 0 heterocycles. The second kappa shape index (κ2) is 7.08. The molecule has 112 valence electrons. The van der Waals surface area contributed by atoms with E-state index in [1.165, 1.54) is 6.08 Å². The zero-order chi connectivity index (χ0) is 15.9. The molecular formula is C17H17N3O2. The van der Waals surface area contributed by atoms with Crippen molar-refractivity contribution in [3.63, 3.8) is 0 Å². The van der Waals surface area contributed by atoms with Gasteiger partial charge in [0.05, 0.1) is 5.56 Å². The first-order chi connectivity index (χ1) is 10.6. The van der Waals surface area contributed by atoms with Crippen LogP contribution in [0.1, 0.15) is 27.6 Å². The largest absolute Gasteiger partial charge is 0.398 e. The first-order valence-corrected chi connectivity index (χ1v) is 6.76. The number of amides is 1. The first kappa shape index (κ1) is 15.3. The number of carbonyl (C=O) groups is 2. The van der Waals surface area contributed by atoms with Gasteiger partial charge in [0, 0.05) is 23.0 Å². The number of hydrazine groups is 1. The molecule has 5 nitrogen and oxygen atoms in total. The minimum Gasteiger partial charge on any atom is -0.398 e. The SMILES string of the molecule is C/C(=C/C(=O)c1ccccc1)NNC(=O)c1ccccc1N. The number of allylic oxidation sites excluding steroid dienone is 2. The Bertz CT molecular complexity index is 709. The normalized spacial score (nSPS) is 10.9. The molecule has 5 heteroatoms. The topological polar surface area (TPSA) is 84.2 Å². The molecule has 0 aromatic heterocycles. The Morgan fingerprint density at radius 2 is 1.59 bits per heavy atom. The lowest BCUT2D eigenvalue weighted by atomic mass is 10.1. The van der Waals surface area contributed by atoms with E-state index in [2.05, 4.69) is 10.9 Å². The van der Waals surface area contributed by atoms with Crippen LogP contribution in [0.15, 0.2) is 66.4 Å². The Kier molecular flexibility index (Phi) is 4.93. The Balaban J connectivity index is 1.97. The summed E-state index contributed by atoms with van der Waals surface area (Å²) in [5, 5.41) is 0. The molecule has 0 aliphatic carbocycles. The summed E-state index contributed by atoms with van der Waals surface area (Å²) >= 11 is 0. The van der Waals surface area contributed by atoms with E-state index in [0.29, 0.717) is 22.5 Å². The molecule has 0 radical (unpaired) electrons. The number of ketones is 1. The quantitative estimate of drug-likeness (QED) is 0.342. The number of para-hydroxylation sites is 1. The molecule has 0 saturated carbocycles. The number of nitrogens with two attached hydrogens (primary N) is 1. The van der Waals surface area contributed by atoms with Gasteiger partial charge in [-0.3, -0.25) is 15.0 Å². The Hall–Kier alpha value is -3.08. The molecule has 2 aromatic rings. The molecule has 0 spiro atoms. The Morgan fingerprint density at radius 3 is 2.27 bits per heavy atom. The van der Waals surface area contributed by atoms with Crippen molar-refractivity contribution in [2.45, 2.75) is 6.92 Å². The summed E-state index contributed by atoms with van der Waals surface area (Å²) in [4.78, 5) is 23.9. The third kappa shape index (κ3) is 3.96. The zero-order valence-corrected chi connectivity index (χ0v) is 12.2. The highest BCUT2D eigenvalue weighted by atomic mass is 16.2. The van der Waals surface area contributed by atoms with Crippen molar-refractivity contribution in [3.05, 3.63) is 77.5 Å². The number of benzene rings is 2. The van der Waals surface area contributed by atoms with E-state index in [1.807, 2.05) is 6.07 Å². The fourth-order valence-corrected chi connectivity index (χ4v) is 1.84. The first-order valence-electron chi connectivity index (χ1n) is 6.76. The van der Waals surface area contributed by atoms with Gasteiger partial charge >= 0.3 is 0 Å². The third-order valence-corrected chi connectivity index (χ3v) is 2.98. The van der Waals surface area contributed by atoms with Crippen molar-refractivity contribution in [1.82, 2.24) is 10.9 Å². The summed E-state index contributed by atoms with van der Waals surface area (Å²) in [6.07, 6.45) is 1.42. The molecule has 0 aliphatic heterocycles. The highest BCUT2D eigenvalue weighted by molar-refractivity contribution is 6.04. The van der Waals surface area contributed by atoms with Gasteiger partial charge < -0.3 is 11.2 Å². The van der Waals surface area contributed by atoms with Crippen molar-refractivity contribution in [3.8, 4) is 0 Å². The fourth-order valence-electron chi connectivity index (χ4n) is 1.84. The lowest BCUT2D eigenvalue weighted by Gasteiger charge is -2.10. The van der Waals surface area contributed by atoms with Gasteiger partial charge in [-0.05, 0) is 19.1 Å². The summed E-state index contributed by atoms with van der Waals surface area (Å²) in [6.45, 7) is 1.69. The molecule has 0 aliphatic rings. The van der Waals surface area contributed by atoms with Gasteiger partial charge in [-0.15, -0.1) is 0 Å². The van der Waals surface area contributed by atoms with E-state index in [-0.39, 0.29) is 11.7 Å². The van der Waals surface area contributed by atoms with Crippen molar-refractivity contribution in [2.75, 3.05) is 5.73 Å². The van der Waals surface area contributed by atoms with Crippen LogP contribution < -0.4 is 16.6 Å². The van der Waals surface area contributed by atoms with Crippen LogP contribution in [0.5, 0.6) is 0 Å². The van der Waals surface area contributed by atoms with Gasteiger partial charge in [0.25, 0.3) is 5.91 Å². The monoisotopic (exact) mass is 295 g/mol. The molecule has 0 bridgehead atoms. The molecule has 2 aromatic carbocycles. The fraction of sp³-hybridized carbons (Fsp3) is 0.0588. The highest BCUT2D eigenvalue weighted by Gasteiger charge is 2.08. The second-order valence-electron chi connectivity index (χ2n) is 4.72. The number of rotatable bonds is 5. The molecule has 2 rings (SSSR count). The molecule has 22 heavy (non-hydrogen) atoms. The van der Waals surface area contributed by atoms with Crippen LogP contribution in [-0.2, 0) is 0 Å². The molecule has 1 amide bonds. The Morgan fingerprint density at radius 1 is 0.955 bits per heavy atom. The van der Waals surface area contributed by atoms with Crippen molar-refractivity contribution in [2.24, 2.45) is 0 Å². The van der Waals surface area contributed by atoms with E-state index < -0.39 is 0 Å². The van der Waals surface area contributed by atoms with Gasteiger partial charge in [-0.1, -0.05) is 42.5 Å². The number of carbonyl (C=O) groups excluding carboxylic acids is 2. The van der Waals surface area contributed by atoms with Crippen LogP contribution >= 0.6 is 0 Å². The van der Waals surface area contributed by atoms with E-state index in [1.54, 1.807) is 55.5 Å². The number of hydrogen-bond donors (Lipinski definition) is 3. The maximum Gasteiger partial charge on any atom is 0.271 e.